The lowest BCUT2D eigenvalue weighted by atomic mass is 10.2. The molecule has 1 aromatic carbocycles. The second-order valence-corrected chi connectivity index (χ2v) is 5.46. The van der Waals surface area contributed by atoms with E-state index < -0.39 is 0 Å². The molecular formula is C14H19BrN2O3. The molecule has 0 saturated carbocycles. The molecule has 5 nitrogen and oxygen atoms in total. The zero-order valence-electron chi connectivity index (χ0n) is 11.6. The van der Waals surface area contributed by atoms with Gasteiger partial charge in [-0.05, 0) is 18.2 Å². The molecule has 0 atom stereocenters. The summed E-state index contributed by atoms with van der Waals surface area (Å²) >= 11 is 3.32. The molecule has 2 N–H and O–H groups in total. The molecule has 0 saturated heterocycles. The Morgan fingerprint density at radius 1 is 1.25 bits per heavy atom. The van der Waals surface area contributed by atoms with Crippen LogP contribution in [-0.4, -0.2) is 31.5 Å². The van der Waals surface area contributed by atoms with Crippen molar-refractivity contribution in [3.05, 3.63) is 28.7 Å². The number of halogens is 1. The van der Waals surface area contributed by atoms with Crippen LogP contribution in [0.15, 0.2) is 28.7 Å². The Balaban J connectivity index is 2.16. The highest BCUT2D eigenvalue weighted by molar-refractivity contribution is 9.10. The summed E-state index contributed by atoms with van der Waals surface area (Å²) in [5.74, 6) is 0.335. The van der Waals surface area contributed by atoms with Gasteiger partial charge in [0.05, 0.1) is 0 Å². The van der Waals surface area contributed by atoms with Gasteiger partial charge in [0.1, 0.15) is 5.75 Å². The molecule has 0 aliphatic rings. The van der Waals surface area contributed by atoms with Crippen molar-refractivity contribution in [3.63, 3.8) is 0 Å². The lowest BCUT2D eigenvalue weighted by molar-refractivity contribution is -0.125. The van der Waals surface area contributed by atoms with Gasteiger partial charge in [-0.1, -0.05) is 35.8 Å². The third-order valence-corrected chi connectivity index (χ3v) is 2.93. The number of benzene rings is 1. The molecule has 0 spiro atoms. The highest BCUT2D eigenvalue weighted by atomic mass is 79.9. The molecule has 0 fully saturated rings. The minimum Gasteiger partial charge on any atom is -0.484 e. The quantitative estimate of drug-likeness (QED) is 0.741. The second kappa shape index (κ2) is 8.58. The van der Waals surface area contributed by atoms with E-state index in [1.54, 1.807) is 12.1 Å². The first-order chi connectivity index (χ1) is 9.49. The fraction of sp³-hybridized carbons (Fsp3) is 0.429. The zero-order chi connectivity index (χ0) is 15.0. The summed E-state index contributed by atoms with van der Waals surface area (Å²) in [4.78, 5) is 22.8. The van der Waals surface area contributed by atoms with Crippen LogP contribution in [0.3, 0.4) is 0 Å². The van der Waals surface area contributed by atoms with Gasteiger partial charge in [-0.25, -0.2) is 0 Å². The standard InChI is InChI=1S/C14H19BrN2O3/c1-10(2)14(19)17-7-6-16-13(18)9-20-12-5-3-4-11(15)8-12/h3-5,8,10H,6-7,9H2,1-2H3,(H,16,18)(H,17,19). The summed E-state index contributed by atoms with van der Waals surface area (Å²) in [7, 11) is 0. The van der Waals surface area contributed by atoms with E-state index in [-0.39, 0.29) is 24.3 Å². The van der Waals surface area contributed by atoms with Crippen molar-refractivity contribution in [3.8, 4) is 5.75 Å². The molecule has 6 heteroatoms. The van der Waals surface area contributed by atoms with Crippen LogP contribution in [0.1, 0.15) is 13.8 Å². The maximum absolute atomic E-state index is 11.5. The Hall–Kier alpha value is -1.56. The van der Waals surface area contributed by atoms with Crippen molar-refractivity contribution in [1.29, 1.82) is 0 Å². The number of amides is 2. The molecule has 1 rings (SSSR count). The summed E-state index contributed by atoms with van der Waals surface area (Å²) in [6.45, 7) is 4.40. The van der Waals surface area contributed by atoms with Crippen LogP contribution < -0.4 is 15.4 Å². The Morgan fingerprint density at radius 2 is 1.95 bits per heavy atom. The highest BCUT2D eigenvalue weighted by Gasteiger charge is 2.06. The van der Waals surface area contributed by atoms with Gasteiger partial charge in [0, 0.05) is 23.5 Å². The molecule has 1 aromatic rings. The monoisotopic (exact) mass is 342 g/mol. The summed E-state index contributed by atoms with van der Waals surface area (Å²) in [6.07, 6.45) is 0. The third kappa shape index (κ3) is 6.56. The van der Waals surface area contributed by atoms with Crippen molar-refractivity contribution in [2.24, 2.45) is 5.92 Å². The maximum atomic E-state index is 11.5. The van der Waals surface area contributed by atoms with Crippen molar-refractivity contribution >= 4 is 27.7 Å². The van der Waals surface area contributed by atoms with E-state index in [2.05, 4.69) is 26.6 Å². The maximum Gasteiger partial charge on any atom is 0.258 e. The van der Waals surface area contributed by atoms with E-state index in [4.69, 9.17) is 4.74 Å². The minimum atomic E-state index is -0.219. The number of hydrogen-bond donors (Lipinski definition) is 2. The first-order valence-corrected chi connectivity index (χ1v) is 7.21. The van der Waals surface area contributed by atoms with Gasteiger partial charge < -0.3 is 15.4 Å². The van der Waals surface area contributed by atoms with Crippen LogP contribution in [0.4, 0.5) is 0 Å². The van der Waals surface area contributed by atoms with E-state index in [1.807, 2.05) is 26.0 Å². The lowest BCUT2D eigenvalue weighted by Crippen LogP contribution is -2.38. The molecule has 0 aromatic heterocycles. The molecule has 0 unspecified atom stereocenters. The van der Waals surface area contributed by atoms with Gasteiger partial charge in [0.15, 0.2) is 6.61 Å². The molecule has 0 radical (unpaired) electrons. The van der Waals surface area contributed by atoms with Gasteiger partial charge in [-0.3, -0.25) is 9.59 Å². The molecule has 0 heterocycles. The zero-order valence-corrected chi connectivity index (χ0v) is 13.2. The largest absolute Gasteiger partial charge is 0.484 e. The summed E-state index contributed by atoms with van der Waals surface area (Å²) < 4.78 is 6.23. The van der Waals surface area contributed by atoms with Crippen LogP contribution in [0.5, 0.6) is 5.75 Å². The predicted molar refractivity (Wildman–Crippen MR) is 80.5 cm³/mol. The van der Waals surface area contributed by atoms with Crippen molar-refractivity contribution in [2.75, 3.05) is 19.7 Å². The Kier molecular flexibility index (Phi) is 7.08. The van der Waals surface area contributed by atoms with Crippen molar-refractivity contribution in [1.82, 2.24) is 10.6 Å². The number of nitrogens with one attached hydrogen (secondary N) is 2. The van der Waals surface area contributed by atoms with Crippen LogP contribution >= 0.6 is 15.9 Å². The molecule has 0 aliphatic carbocycles. The molecule has 0 aliphatic heterocycles. The van der Waals surface area contributed by atoms with Crippen molar-refractivity contribution in [2.45, 2.75) is 13.8 Å². The van der Waals surface area contributed by atoms with Crippen LogP contribution in [0.2, 0.25) is 0 Å². The molecule has 2 amide bonds. The van der Waals surface area contributed by atoms with E-state index >= 15 is 0 Å². The number of carbonyl (C=O) groups is 2. The first kappa shape index (κ1) is 16.5. The van der Waals surface area contributed by atoms with E-state index in [9.17, 15) is 9.59 Å². The fourth-order valence-electron chi connectivity index (χ4n) is 1.35. The summed E-state index contributed by atoms with van der Waals surface area (Å²) in [5.41, 5.74) is 0. The smallest absolute Gasteiger partial charge is 0.258 e. The molecule has 20 heavy (non-hydrogen) atoms. The fourth-order valence-corrected chi connectivity index (χ4v) is 1.73. The third-order valence-electron chi connectivity index (χ3n) is 2.44. The SMILES string of the molecule is CC(C)C(=O)NCCNC(=O)COc1cccc(Br)c1. The first-order valence-electron chi connectivity index (χ1n) is 6.42. The van der Waals surface area contributed by atoms with E-state index in [0.29, 0.717) is 18.8 Å². The van der Waals surface area contributed by atoms with Crippen molar-refractivity contribution < 1.29 is 14.3 Å². The van der Waals surface area contributed by atoms with Gasteiger partial charge in [-0.15, -0.1) is 0 Å². The Morgan fingerprint density at radius 3 is 2.60 bits per heavy atom. The van der Waals surface area contributed by atoms with Crippen LogP contribution in [-0.2, 0) is 9.59 Å². The number of carbonyl (C=O) groups excluding carboxylic acids is 2. The average molecular weight is 343 g/mol. The Bertz CT molecular complexity index is 463. The van der Waals surface area contributed by atoms with E-state index in [1.165, 1.54) is 0 Å². The molecule has 0 bridgehead atoms. The number of hydrogen-bond acceptors (Lipinski definition) is 3. The Labute approximate surface area is 127 Å². The van der Waals surface area contributed by atoms with Gasteiger partial charge >= 0.3 is 0 Å². The van der Waals surface area contributed by atoms with E-state index in [0.717, 1.165) is 4.47 Å². The van der Waals surface area contributed by atoms with Crippen LogP contribution in [0, 0.1) is 5.92 Å². The summed E-state index contributed by atoms with van der Waals surface area (Å²) in [6, 6.07) is 7.28. The van der Waals surface area contributed by atoms with Gasteiger partial charge in [0.2, 0.25) is 5.91 Å². The minimum absolute atomic E-state index is 0.0235. The molecule has 110 valence electrons. The average Bonchev–Trinajstić information content (AvgIpc) is 2.41. The predicted octanol–water partition coefficient (Wildman–Crippen LogP) is 1.72. The van der Waals surface area contributed by atoms with Gasteiger partial charge in [-0.2, -0.15) is 0 Å². The lowest BCUT2D eigenvalue weighted by Gasteiger charge is -2.09. The van der Waals surface area contributed by atoms with Crippen LogP contribution in [0.25, 0.3) is 0 Å². The summed E-state index contributed by atoms with van der Waals surface area (Å²) in [5, 5.41) is 5.39. The topological polar surface area (TPSA) is 67.4 Å². The number of ether oxygens (including phenoxy) is 1. The van der Waals surface area contributed by atoms with Gasteiger partial charge in [0.25, 0.3) is 5.91 Å². The number of rotatable bonds is 7. The second-order valence-electron chi connectivity index (χ2n) is 4.54. The normalized spacial score (nSPS) is 10.2. The molecular weight excluding hydrogens is 324 g/mol. The highest BCUT2D eigenvalue weighted by Crippen LogP contribution is 2.17.